The van der Waals surface area contributed by atoms with Gasteiger partial charge in [-0.05, 0) is 62.2 Å². The van der Waals surface area contributed by atoms with Gasteiger partial charge in [0.2, 0.25) is 0 Å². The second kappa shape index (κ2) is 6.66. The molecular weight excluding hydrogens is 332 g/mol. The Bertz CT molecular complexity index is 729. The molecule has 2 aliphatic heterocycles. The van der Waals surface area contributed by atoms with Crippen LogP contribution in [-0.4, -0.2) is 44.4 Å². The normalized spacial score (nSPS) is 23.2. The highest BCUT2D eigenvalue weighted by atomic mass is 32.2. The fourth-order valence-corrected chi connectivity index (χ4v) is 5.55. The van der Waals surface area contributed by atoms with Gasteiger partial charge in [-0.25, -0.2) is 0 Å². The van der Waals surface area contributed by atoms with Crippen LogP contribution in [0.5, 0.6) is 0 Å². The average molecular weight is 357 g/mol. The Balaban J connectivity index is 1.66. The standard InChI is InChI=1S/C20H24N2S2/c1-21-12-11-18-17(13-21)16-5-4-6-19(20(16)22(18)2)24-15-9-7-14(23-3)8-10-15/h4-10,17-18H,11-13H2,1-3H3. The van der Waals surface area contributed by atoms with E-state index in [9.17, 15) is 0 Å². The van der Waals surface area contributed by atoms with E-state index in [0.29, 0.717) is 12.0 Å². The first kappa shape index (κ1) is 16.4. The van der Waals surface area contributed by atoms with Gasteiger partial charge in [0.05, 0.1) is 5.69 Å². The second-order valence-corrected chi connectivity index (χ2v) is 8.80. The number of likely N-dealkylation sites (tertiary alicyclic amines) is 1. The third-order valence-electron chi connectivity index (χ3n) is 5.35. The maximum Gasteiger partial charge on any atom is 0.0544 e. The van der Waals surface area contributed by atoms with Gasteiger partial charge in [-0.3, -0.25) is 0 Å². The summed E-state index contributed by atoms with van der Waals surface area (Å²) in [6, 6.07) is 16.4. The van der Waals surface area contributed by atoms with Crippen LogP contribution < -0.4 is 4.90 Å². The number of fused-ring (bicyclic) bond motifs is 3. The lowest BCUT2D eigenvalue weighted by Gasteiger charge is -2.35. The third-order valence-corrected chi connectivity index (χ3v) is 7.15. The molecule has 2 nitrogen and oxygen atoms in total. The van der Waals surface area contributed by atoms with Gasteiger partial charge in [-0.15, -0.1) is 11.8 Å². The molecule has 0 aliphatic carbocycles. The summed E-state index contributed by atoms with van der Waals surface area (Å²) in [5.74, 6) is 0.656. The van der Waals surface area contributed by atoms with Crippen molar-refractivity contribution in [2.24, 2.45) is 0 Å². The van der Waals surface area contributed by atoms with Crippen molar-refractivity contribution in [3.05, 3.63) is 48.0 Å². The summed E-state index contributed by atoms with van der Waals surface area (Å²) in [6.07, 6.45) is 3.39. The number of benzene rings is 2. The van der Waals surface area contributed by atoms with E-state index in [0.717, 1.165) is 0 Å². The lowest BCUT2D eigenvalue weighted by Crippen LogP contribution is -2.43. The molecule has 0 N–H and O–H groups in total. The van der Waals surface area contributed by atoms with Crippen molar-refractivity contribution in [2.75, 3.05) is 38.3 Å². The van der Waals surface area contributed by atoms with Gasteiger partial charge in [-0.1, -0.05) is 23.9 Å². The number of anilines is 1. The second-order valence-electron chi connectivity index (χ2n) is 6.81. The predicted octanol–water partition coefficient (Wildman–Crippen LogP) is 4.80. The zero-order valence-electron chi connectivity index (χ0n) is 14.5. The van der Waals surface area contributed by atoms with Gasteiger partial charge in [0, 0.05) is 40.2 Å². The van der Waals surface area contributed by atoms with Crippen LogP contribution >= 0.6 is 23.5 Å². The number of nitrogens with zero attached hydrogens (tertiary/aromatic N) is 2. The quantitative estimate of drug-likeness (QED) is 0.729. The van der Waals surface area contributed by atoms with E-state index in [1.165, 1.54) is 39.9 Å². The SMILES string of the molecule is CSc1ccc(Sc2cccc3c2N(C)C2CCN(C)CC32)cc1. The van der Waals surface area contributed by atoms with Crippen LogP contribution in [0.15, 0.2) is 57.2 Å². The van der Waals surface area contributed by atoms with Gasteiger partial charge < -0.3 is 9.80 Å². The lowest BCUT2D eigenvalue weighted by atomic mass is 9.89. The first-order chi connectivity index (χ1) is 11.7. The van der Waals surface area contributed by atoms with Gasteiger partial charge in [0.1, 0.15) is 0 Å². The van der Waals surface area contributed by atoms with Crippen LogP contribution in [0.4, 0.5) is 5.69 Å². The molecule has 2 aromatic rings. The Morgan fingerprint density at radius 2 is 1.75 bits per heavy atom. The molecule has 2 aromatic carbocycles. The van der Waals surface area contributed by atoms with Crippen LogP contribution in [0.3, 0.4) is 0 Å². The molecule has 2 atom stereocenters. The summed E-state index contributed by atoms with van der Waals surface area (Å²) in [5.41, 5.74) is 3.00. The highest BCUT2D eigenvalue weighted by Crippen LogP contribution is 2.49. The Kier molecular flexibility index (Phi) is 4.54. The molecule has 0 aromatic heterocycles. The van der Waals surface area contributed by atoms with Crippen molar-refractivity contribution in [1.29, 1.82) is 0 Å². The Morgan fingerprint density at radius 1 is 1.00 bits per heavy atom. The van der Waals surface area contributed by atoms with Crippen LogP contribution in [0, 0.1) is 0 Å². The van der Waals surface area contributed by atoms with Crippen molar-refractivity contribution < 1.29 is 0 Å². The molecule has 2 unspecified atom stereocenters. The van der Waals surface area contributed by atoms with E-state index in [4.69, 9.17) is 0 Å². The number of hydrogen-bond donors (Lipinski definition) is 0. The number of para-hydroxylation sites is 1. The highest BCUT2D eigenvalue weighted by Gasteiger charge is 2.40. The number of piperidine rings is 1. The topological polar surface area (TPSA) is 6.48 Å². The molecule has 0 spiro atoms. The number of hydrogen-bond acceptors (Lipinski definition) is 4. The molecule has 126 valence electrons. The Morgan fingerprint density at radius 3 is 2.50 bits per heavy atom. The maximum atomic E-state index is 2.55. The van der Waals surface area contributed by atoms with Crippen molar-refractivity contribution in [1.82, 2.24) is 4.90 Å². The number of rotatable bonds is 3. The molecule has 0 amide bonds. The average Bonchev–Trinajstić information content (AvgIpc) is 2.89. The molecular formula is C20H24N2S2. The number of thioether (sulfide) groups is 1. The smallest absolute Gasteiger partial charge is 0.0544 e. The minimum atomic E-state index is 0.656. The molecule has 2 heterocycles. The third kappa shape index (κ3) is 2.85. The molecule has 0 saturated carbocycles. The molecule has 24 heavy (non-hydrogen) atoms. The molecule has 0 radical (unpaired) electrons. The van der Waals surface area contributed by atoms with E-state index >= 15 is 0 Å². The van der Waals surface area contributed by atoms with Gasteiger partial charge in [0.25, 0.3) is 0 Å². The van der Waals surface area contributed by atoms with Crippen LogP contribution in [0.2, 0.25) is 0 Å². The van der Waals surface area contributed by atoms with Crippen molar-refractivity contribution in [3.8, 4) is 0 Å². The zero-order chi connectivity index (χ0) is 16.7. The Labute approximate surface area is 153 Å². The molecule has 2 aliphatic rings. The summed E-state index contributed by atoms with van der Waals surface area (Å²) < 4.78 is 0. The minimum absolute atomic E-state index is 0.656. The fraction of sp³-hybridized carbons (Fsp3) is 0.400. The molecule has 4 heteroatoms. The van der Waals surface area contributed by atoms with Crippen LogP contribution in [0.1, 0.15) is 17.9 Å². The fourth-order valence-electron chi connectivity index (χ4n) is 4.11. The first-order valence-electron chi connectivity index (χ1n) is 8.53. The lowest BCUT2D eigenvalue weighted by molar-refractivity contribution is 0.234. The molecule has 0 bridgehead atoms. The maximum absolute atomic E-state index is 2.55. The summed E-state index contributed by atoms with van der Waals surface area (Å²) in [4.78, 5) is 9.06. The van der Waals surface area contributed by atoms with Crippen molar-refractivity contribution in [2.45, 2.75) is 33.1 Å². The number of likely N-dealkylation sites (N-methyl/N-ethyl adjacent to an activating group) is 2. The highest BCUT2D eigenvalue weighted by molar-refractivity contribution is 7.99. The van der Waals surface area contributed by atoms with Gasteiger partial charge >= 0.3 is 0 Å². The van der Waals surface area contributed by atoms with E-state index in [1.807, 2.05) is 11.8 Å². The zero-order valence-corrected chi connectivity index (χ0v) is 16.2. The molecule has 1 fully saturated rings. The summed E-state index contributed by atoms with van der Waals surface area (Å²) in [7, 11) is 4.54. The van der Waals surface area contributed by atoms with E-state index in [2.05, 4.69) is 72.6 Å². The van der Waals surface area contributed by atoms with E-state index < -0.39 is 0 Å². The molecule has 4 rings (SSSR count). The summed E-state index contributed by atoms with van der Waals surface area (Å²) in [6.45, 7) is 2.39. The van der Waals surface area contributed by atoms with Crippen LogP contribution in [0.25, 0.3) is 0 Å². The summed E-state index contributed by atoms with van der Waals surface area (Å²) >= 11 is 3.69. The van der Waals surface area contributed by atoms with E-state index in [1.54, 1.807) is 17.3 Å². The van der Waals surface area contributed by atoms with Crippen molar-refractivity contribution in [3.63, 3.8) is 0 Å². The first-order valence-corrected chi connectivity index (χ1v) is 10.6. The van der Waals surface area contributed by atoms with E-state index in [-0.39, 0.29) is 0 Å². The Hall–Kier alpha value is -1.10. The molecule has 1 saturated heterocycles. The predicted molar refractivity (Wildman–Crippen MR) is 106 cm³/mol. The van der Waals surface area contributed by atoms with Gasteiger partial charge in [0.15, 0.2) is 0 Å². The monoisotopic (exact) mass is 356 g/mol. The minimum Gasteiger partial charge on any atom is -0.370 e. The van der Waals surface area contributed by atoms with Crippen LogP contribution in [-0.2, 0) is 0 Å². The largest absolute Gasteiger partial charge is 0.370 e. The van der Waals surface area contributed by atoms with Crippen molar-refractivity contribution >= 4 is 29.2 Å². The summed E-state index contributed by atoms with van der Waals surface area (Å²) in [5, 5.41) is 0. The van der Waals surface area contributed by atoms with Gasteiger partial charge in [-0.2, -0.15) is 0 Å².